The lowest BCUT2D eigenvalue weighted by atomic mass is 10.2. The number of nitrogens with zero attached hydrogens (tertiary/aromatic N) is 2. The van der Waals surface area contributed by atoms with Crippen LogP contribution >= 0.6 is 0 Å². The molecule has 5 heteroatoms. The molecule has 1 aromatic carbocycles. The van der Waals surface area contributed by atoms with Gasteiger partial charge in [-0.3, -0.25) is 4.79 Å². The van der Waals surface area contributed by atoms with Gasteiger partial charge in [0.2, 0.25) is 5.91 Å². The molecule has 1 aliphatic heterocycles. The minimum atomic E-state index is 0.246. The average Bonchev–Trinajstić information content (AvgIpc) is 2.52. The van der Waals surface area contributed by atoms with Crippen LogP contribution in [0.15, 0.2) is 24.3 Å². The molecular weight excluding hydrogens is 266 g/mol. The van der Waals surface area contributed by atoms with Crippen LogP contribution in [0.4, 0.5) is 0 Å². The second-order valence-corrected chi connectivity index (χ2v) is 5.42. The number of piperazine rings is 1. The van der Waals surface area contributed by atoms with Crippen molar-refractivity contribution in [3.8, 4) is 5.75 Å². The van der Waals surface area contributed by atoms with E-state index < -0.39 is 0 Å². The fraction of sp³-hybridized carbons (Fsp3) is 0.562. The standard InChI is InChI=1S/C16H25N3O2/c1-18-9-11-19(12-10-18)16(20)7-8-17-13-14-5-3-4-6-15(14)21-2/h3-6,17H,7-13H2,1-2H3. The maximum atomic E-state index is 12.1. The molecular formula is C16H25N3O2. The molecule has 0 radical (unpaired) electrons. The molecule has 0 saturated carbocycles. The van der Waals surface area contributed by atoms with Crippen molar-refractivity contribution < 1.29 is 9.53 Å². The quantitative estimate of drug-likeness (QED) is 0.793. The monoisotopic (exact) mass is 291 g/mol. The van der Waals surface area contributed by atoms with Gasteiger partial charge < -0.3 is 19.9 Å². The lowest BCUT2D eigenvalue weighted by molar-refractivity contribution is -0.132. The predicted molar refractivity (Wildman–Crippen MR) is 83.4 cm³/mol. The van der Waals surface area contributed by atoms with E-state index in [0.717, 1.165) is 44.0 Å². The van der Waals surface area contributed by atoms with Gasteiger partial charge in [0.15, 0.2) is 0 Å². The topological polar surface area (TPSA) is 44.8 Å². The average molecular weight is 291 g/mol. The van der Waals surface area contributed by atoms with Gasteiger partial charge in [0.25, 0.3) is 0 Å². The first-order chi connectivity index (χ1) is 10.2. The number of likely N-dealkylation sites (N-methyl/N-ethyl adjacent to an activating group) is 1. The Hall–Kier alpha value is -1.59. The number of nitrogens with one attached hydrogen (secondary N) is 1. The number of carbonyl (C=O) groups is 1. The predicted octanol–water partition coefficient (Wildman–Crippen LogP) is 0.949. The van der Waals surface area contributed by atoms with Crippen molar-refractivity contribution in [1.29, 1.82) is 0 Å². The highest BCUT2D eigenvalue weighted by molar-refractivity contribution is 5.76. The van der Waals surface area contributed by atoms with E-state index in [0.29, 0.717) is 13.0 Å². The first-order valence-electron chi connectivity index (χ1n) is 7.49. The highest BCUT2D eigenvalue weighted by atomic mass is 16.5. The summed E-state index contributed by atoms with van der Waals surface area (Å²) in [6, 6.07) is 7.94. The summed E-state index contributed by atoms with van der Waals surface area (Å²) in [5.41, 5.74) is 1.12. The number of methoxy groups -OCH3 is 1. The third-order valence-corrected chi connectivity index (χ3v) is 3.88. The molecule has 1 amide bonds. The lowest BCUT2D eigenvalue weighted by Gasteiger charge is -2.32. The summed E-state index contributed by atoms with van der Waals surface area (Å²) in [4.78, 5) is 16.3. The number of amides is 1. The maximum absolute atomic E-state index is 12.1. The second kappa shape index (κ2) is 8.00. The zero-order valence-corrected chi connectivity index (χ0v) is 13.0. The molecule has 1 heterocycles. The van der Waals surface area contributed by atoms with Gasteiger partial charge in [0.05, 0.1) is 7.11 Å². The van der Waals surface area contributed by atoms with E-state index in [1.165, 1.54) is 0 Å². The first-order valence-corrected chi connectivity index (χ1v) is 7.49. The molecule has 0 bridgehead atoms. The Labute approximate surface area is 126 Å². The van der Waals surface area contributed by atoms with Crippen LogP contribution in [0.3, 0.4) is 0 Å². The Bertz CT molecular complexity index is 457. The second-order valence-electron chi connectivity index (χ2n) is 5.42. The highest BCUT2D eigenvalue weighted by Gasteiger charge is 2.18. The molecule has 116 valence electrons. The number of para-hydroxylation sites is 1. The molecule has 2 rings (SSSR count). The Balaban J connectivity index is 1.68. The zero-order valence-electron chi connectivity index (χ0n) is 13.0. The molecule has 1 fully saturated rings. The fourth-order valence-corrected chi connectivity index (χ4v) is 2.48. The van der Waals surface area contributed by atoms with E-state index in [2.05, 4.69) is 17.3 Å². The van der Waals surface area contributed by atoms with Crippen molar-refractivity contribution in [3.63, 3.8) is 0 Å². The summed E-state index contributed by atoms with van der Waals surface area (Å²) < 4.78 is 5.31. The van der Waals surface area contributed by atoms with Crippen LogP contribution in [0.5, 0.6) is 5.75 Å². The molecule has 1 aliphatic rings. The van der Waals surface area contributed by atoms with E-state index in [-0.39, 0.29) is 5.91 Å². The van der Waals surface area contributed by atoms with Crippen molar-refractivity contribution in [2.45, 2.75) is 13.0 Å². The molecule has 1 aromatic rings. The number of ether oxygens (including phenoxy) is 1. The highest BCUT2D eigenvalue weighted by Crippen LogP contribution is 2.16. The third kappa shape index (κ3) is 4.72. The largest absolute Gasteiger partial charge is 0.496 e. The Morgan fingerprint density at radius 2 is 1.95 bits per heavy atom. The number of benzene rings is 1. The van der Waals surface area contributed by atoms with Crippen molar-refractivity contribution in [1.82, 2.24) is 15.1 Å². The van der Waals surface area contributed by atoms with Crippen LogP contribution in [-0.2, 0) is 11.3 Å². The summed E-state index contributed by atoms with van der Waals surface area (Å²) in [6.07, 6.45) is 0.554. The molecule has 0 unspecified atom stereocenters. The summed E-state index contributed by atoms with van der Waals surface area (Å²) in [7, 11) is 3.77. The van der Waals surface area contributed by atoms with Crippen LogP contribution in [0.25, 0.3) is 0 Å². The summed E-state index contributed by atoms with van der Waals surface area (Å²) in [5.74, 6) is 1.13. The van der Waals surface area contributed by atoms with E-state index in [4.69, 9.17) is 4.74 Å². The van der Waals surface area contributed by atoms with E-state index in [9.17, 15) is 4.79 Å². The number of hydrogen-bond acceptors (Lipinski definition) is 4. The minimum Gasteiger partial charge on any atom is -0.496 e. The van der Waals surface area contributed by atoms with Gasteiger partial charge in [0.1, 0.15) is 5.75 Å². The van der Waals surface area contributed by atoms with Crippen LogP contribution in [0, 0.1) is 0 Å². The Kier molecular flexibility index (Phi) is 6.02. The molecule has 0 aromatic heterocycles. The van der Waals surface area contributed by atoms with E-state index in [1.807, 2.05) is 29.2 Å². The van der Waals surface area contributed by atoms with Crippen LogP contribution in [0.2, 0.25) is 0 Å². The normalized spacial score (nSPS) is 16.0. The number of carbonyl (C=O) groups excluding carboxylic acids is 1. The first kappa shape index (κ1) is 15.8. The number of hydrogen-bond donors (Lipinski definition) is 1. The molecule has 5 nitrogen and oxygen atoms in total. The SMILES string of the molecule is COc1ccccc1CNCCC(=O)N1CCN(C)CC1. The summed E-state index contributed by atoms with van der Waals surface area (Å²) >= 11 is 0. The molecule has 1 saturated heterocycles. The van der Waals surface area contributed by atoms with E-state index in [1.54, 1.807) is 7.11 Å². The van der Waals surface area contributed by atoms with Crippen LogP contribution in [-0.4, -0.2) is 62.6 Å². The smallest absolute Gasteiger partial charge is 0.223 e. The van der Waals surface area contributed by atoms with Gasteiger partial charge in [0, 0.05) is 51.3 Å². The molecule has 0 aliphatic carbocycles. The van der Waals surface area contributed by atoms with Gasteiger partial charge in [-0.2, -0.15) is 0 Å². The van der Waals surface area contributed by atoms with Crippen LogP contribution in [0.1, 0.15) is 12.0 Å². The number of rotatable bonds is 6. The molecule has 0 spiro atoms. The van der Waals surface area contributed by atoms with Gasteiger partial charge in [-0.05, 0) is 13.1 Å². The summed E-state index contributed by atoms with van der Waals surface area (Å²) in [5, 5.41) is 3.32. The van der Waals surface area contributed by atoms with Gasteiger partial charge in [-0.15, -0.1) is 0 Å². The maximum Gasteiger partial charge on any atom is 0.223 e. The fourth-order valence-electron chi connectivity index (χ4n) is 2.48. The van der Waals surface area contributed by atoms with Gasteiger partial charge >= 0.3 is 0 Å². The van der Waals surface area contributed by atoms with Crippen molar-refractivity contribution in [2.75, 3.05) is 46.9 Å². The van der Waals surface area contributed by atoms with Gasteiger partial charge in [-0.25, -0.2) is 0 Å². The third-order valence-electron chi connectivity index (χ3n) is 3.88. The Morgan fingerprint density at radius 3 is 2.67 bits per heavy atom. The van der Waals surface area contributed by atoms with Crippen molar-refractivity contribution >= 4 is 5.91 Å². The van der Waals surface area contributed by atoms with E-state index >= 15 is 0 Å². The lowest BCUT2D eigenvalue weighted by Crippen LogP contribution is -2.47. The molecule has 1 N–H and O–H groups in total. The van der Waals surface area contributed by atoms with Crippen LogP contribution < -0.4 is 10.1 Å². The zero-order chi connectivity index (χ0) is 15.1. The van der Waals surface area contributed by atoms with Gasteiger partial charge in [-0.1, -0.05) is 18.2 Å². The van der Waals surface area contributed by atoms with Crippen molar-refractivity contribution in [3.05, 3.63) is 29.8 Å². The minimum absolute atomic E-state index is 0.246. The summed E-state index contributed by atoms with van der Waals surface area (Å²) in [6.45, 7) is 5.06. The Morgan fingerprint density at radius 1 is 1.24 bits per heavy atom. The van der Waals surface area contributed by atoms with Crippen molar-refractivity contribution in [2.24, 2.45) is 0 Å². The molecule has 0 atom stereocenters. The molecule has 21 heavy (non-hydrogen) atoms.